The Labute approximate surface area is 113 Å². The standard InChI is InChI=1S/C16H19NO2/c1-17-15(18)16(10-6-3-7-11-16)14(19-17)12-13-8-4-2-5-9-13/h2,4-5,8-9,12H,3,6-7,10-11H2,1H3/b14-12-. The van der Waals surface area contributed by atoms with Crippen molar-refractivity contribution in [1.29, 1.82) is 0 Å². The van der Waals surface area contributed by atoms with E-state index in [-0.39, 0.29) is 5.91 Å². The highest BCUT2D eigenvalue weighted by Crippen LogP contribution is 2.49. The first-order chi connectivity index (χ1) is 9.22. The average Bonchev–Trinajstić information content (AvgIpc) is 2.67. The van der Waals surface area contributed by atoms with Crippen molar-refractivity contribution in [2.45, 2.75) is 32.1 Å². The highest BCUT2D eigenvalue weighted by molar-refractivity contribution is 5.88. The average molecular weight is 257 g/mol. The Morgan fingerprint density at radius 1 is 1.16 bits per heavy atom. The van der Waals surface area contributed by atoms with Gasteiger partial charge in [-0.2, -0.15) is 5.06 Å². The number of hydrogen-bond acceptors (Lipinski definition) is 2. The largest absolute Gasteiger partial charge is 0.380 e. The molecule has 1 spiro atoms. The van der Waals surface area contributed by atoms with Gasteiger partial charge < -0.3 is 4.84 Å². The minimum Gasteiger partial charge on any atom is -0.380 e. The first-order valence-corrected chi connectivity index (χ1v) is 6.96. The third-order valence-corrected chi connectivity index (χ3v) is 4.21. The highest BCUT2D eigenvalue weighted by atomic mass is 16.7. The zero-order valence-electron chi connectivity index (χ0n) is 11.3. The van der Waals surface area contributed by atoms with Crippen LogP contribution in [0.1, 0.15) is 37.7 Å². The molecule has 1 heterocycles. The summed E-state index contributed by atoms with van der Waals surface area (Å²) in [7, 11) is 1.71. The van der Waals surface area contributed by atoms with Gasteiger partial charge in [0, 0.05) is 7.05 Å². The van der Waals surface area contributed by atoms with Crippen molar-refractivity contribution in [2.24, 2.45) is 5.41 Å². The van der Waals surface area contributed by atoms with E-state index in [1.807, 2.05) is 36.4 Å². The van der Waals surface area contributed by atoms with Crippen molar-refractivity contribution < 1.29 is 9.63 Å². The molecule has 0 aromatic heterocycles. The van der Waals surface area contributed by atoms with Crippen LogP contribution in [0.2, 0.25) is 0 Å². The van der Waals surface area contributed by atoms with Crippen LogP contribution in [-0.2, 0) is 9.63 Å². The van der Waals surface area contributed by atoms with Crippen molar-refractivity contribution in [3.63, 3.8) is 0 Å². The SMILES string of the molecule is CN1O/C(=C\c2ccccc2)C2(CCCCC2)C1=O. The van der Waals surface area contributed by atoms with E-state index in [1.54, 1.807) is 7.05 Å². The number of amides is 1. The molecule has 2 aliphatic rings. The van der Waals surface area contributed by atoms with Crippen LogP contribution in [0, 0.1) is 5.41 Å². The van der Waals surface area contributed by atoms with Crippen molar-refractivity contribution in [2.75, 3.05) is 7.05 Å². The van der Waals surface area contributed by atoms with Crippen LogP contribution in [0.5, 0.6) is 0 Å². The molecule has 1 aromatic rings. The molecule has 0 bridgehead atoms. The minimum absolute atomic E-state index is 0.120. The second-order valence-corrected chi connectivity index (χ2v) is 5.46. The smallest absolute Gasteiger partial charge is 0.268 e. The van der Waals surface area contributed by atoms with Gasteiger partial charge in [-0.25, -0.2) is 0 Å². The Morgan fingerprint density at radius 3 is 2.53 bits per heavy atom. The fourth-order valence-corrected chi connectivity index (χ4v) is 3.16. The van der Waals surface area contributed by atoms with E-state index in [0.29, 0.717) is 0 Å². The molecule has 1 aliphatic carbocycles. The molecule has 0 unspecified atom stereocenters. The summed E-state index contributed by atoms with van der Waals surface area (Å²) in [5.41, 5.74) is 0.689. The molecule has 1 aliphatic heterocycles. The summed E-state index contributed by atoms with van der Waals surface area (Å²) in [5.74, 6) is 0.945. The van der Waals surface area contributed by atoms with Crippen molar-refractivity contribution >= 4 is 12.0 Å². The van der Waals surface area contributed by atoms with Crippen LogP contribution in [0.25, 0.3) is 6.08 Å². The summed E-state index contributed by atoms with van der Waals surface area (Å²) < 4.78 is 0. The van der Waals surface area contributed by atoms with Crippen LogP contribution in [0.3, 0.4) is 0 Å². The molecular formula is C16H19NO2. The first kappa shape index (κ1) is 12.3. The van der Waals surface area contributed by atoms with Crippen molar-refractivity contribution in [3.8, 4) is 0 Å². The Balaban J connectivity index is 1.99. The summed E-state index contributed by atoms with van der Waals surface area (Å²) in [4.78, 5) is 18.2. The molecule has 1 saturated heterocycles. The van der Waals surface area contributed by atoms with Crippen LogP contribution in [-0.4, -0.2) is 18.0 Å². The number of carbonyl (C=O) groups is 1. The first-order valence-electron chi connectivity index (χ1n) is 6.96. The molecule has 0 N–H and O–H groups in total. The third kappa shape index (κ3) is 2.03. The van der Waals surface area contributed by atoms with E-state index >= 15 is 0 Å². The van der Waals surface area contributed by atoms with E-state index in [9.17, 15) is 4.79 Å². The Hall–Kier alpha value is -1.77. The highest BCUT2D eigenvalue weighted by Gasteiger charge is 2.52. The zero-order valence-corrected chi connectivity index (χ0v) is 11.3. The van der Waals surface area contributed by atoms with Crippen molar-refractivity contribution in [1.82, 2.24) is 5.06 Å². The normalized spacial score (nSPS) is 23.9. The summed E-state index contributed by atoms with van der Waals surface area (Å²) in [5, 5.41) is 1.40. The fourth-order valence-electron chi connectivity index (χ4n) is 3.16. The molecular weight excluding hydrogens is 238 g/mol. The molecule has 0 atom stereocenters. The maximum absolute atomic E-state index is 12.4. The topological polar surface area (TPSA) is 29.5 Å². The zero-order chi connectivity index (χ0) is 13.3. The summed E-state index contributed by atoms with van der Waals surface area (Å²) in [6.07, 6.45) is 7.28. The maximum atomic E-state index is 12.4. The van der Waals surface area contributed by atoms with Gasteiger partial charge in [-0.05, 0) is 24.5 Å². The summed E-state index contributed by atoms with van der Waals surface area (Å²) >= 11 is 0. The molecule has 19 heavy (non-hydrogen) atoms. The van der Waals surface area contributed by atoms with E-state index in [4.69, 9.17) is 4.84 Å². The van der Waals surface area contributed by atoms with Crippen LogP contribution >= 0.6 is 0 Å². The molecule has 3 nitrogen and oxygen atoms in total. The van der Waals surface area contributed by atoms with Gasteiger partial charge in [0.1, 0.15) is 11.2 Å². The van der Waals surface area contributed by atoms with Crippen LogP contribution < -0.4 is 0 Å². The maximum Gasteiger partial charge on any atom is 0.268 e. The van der Waals surface area contributed by atoms with Crippen LogP contribution in [0.15, 0.2) is 36.1 Å². The third-order valence-electron chi connectivity index (χ3n) is 4.21. The Bertz CT molecular complexity index is 501. The number of rotatable bonds is 1. The lowest BCUT2D eigenvalue weighted by Gasteiger charge is -2.29. The molecule has 100 valence electrons. The molecule has 1 aromatic carbocycles. The van der Waals surface area contributed by atoms with Gasteiger partial charge in [-0.3, -0.25) is 4.79 Å². The number of nitrogens with zero attached hydrogens (tertiary/aromatic N) is 1. The van der Waals surface area contributed by atoms with Gasteiger partial charge in [0.2, 0.25) is 0 Å². The monoisotopic (exact) mass is 257 g/mol. The van der Waals surface area contributed by atoms with Gasteiger partial charge in [0.05, 0.1) is 0 Å². The molecule has 0 radical (unpaired) electrons. The lowest BCUT2D eigenvalue weighted by molar-refractivity contribution is -0.153. The van der Waals surface area contributed by atoms with Gasteiger partial charge >= 0.3 is 0 Å². The fraction of sp³-hybridized carbons (Fsp3) is 0.438. The Kier molecular flexibility index (Phi) is 3.05. The second kappa shape index (κ2) is 4.72. The quantitative estimate of drug-likeness (QED) is 0.772. The van der Waals surface area contributed by atoms with Gasteiger partial charge in [0.15, 0.2) is 0 Å². The van der Waals surface area contributed by atoms with E-state index in [0.717, 1.165) is 37.0 Å². The summed E-state index contributed by atoms with van der Waals surface area (Å²) in [6.45, 7) is 0. The van der Waals surface area contributed by atoms with E-state index in [1.165, 1.54) is 11.5 Å². The number of benzene rings is 1. The van der Waals surface area contributed by atoms with E-state index < -0.39 is 5.41 Å². The molecule has 1 saturated carbocycles. The molecule has 3 heteroatoms. The van der Waals surface area contributed by atoms with Crippen molar-refractivity contribution in [3.05, 3.63) is 41.7 Å². The second-order valence-electron chi connectivity index (χ2n) is 5.46. The van der Waals surface area contributed by atoms with Gasteiger partial charge in [-0.1, -0.05) is 49.6 Å². The molecule has 2 fully saturated rings. The number of hydrogen-bond donors (Lipinski definition) is 0. The molecule has 1 amide bonds. The molecule has 3 rings (SSSR count). The summed E-state index contributed by atoms with van der Waals surface area (Å²) in [6, 6.07) is 10.1. The Morgan fingerprint density at radius 2 is 1.84 bits per heavy atom. The number of hydroxylamine groups is 2. The van der Waals surface area contributed by atoms with E-state index in [2.05, 4.69) is 0 Å². The van der Waals surface area contributed by atoms with Crippen LogP contribution in [0.4, 0.5) is 0 Å². The lowest BCUT2D eigenvalue weighted by Crippen LogP contribution is -2.34. The lowest BCUT2D eigenvalue weighted by atomic mass is 9.72. The predicted molar refractivity (Wildman–Crippen MR) is 73.8 cm³/mol. The van der Waals surface area contributed by atoms with Gasteiger partial charge in [-0.15, -0.1) is 0 Å². The minimum atomic E-state index is -0.400. The van der Waals surface area contributed by atoms with Gasteiger partial charge in [0.25, 0.3) is 5.91 Å². The number of carbonyl (C=O) groups excluding carboxylic acids is 1. The predicted octanol–water partition coefficient (Wildman–Crippen LogP) is 3.38.